The van der Waals surface area contributed by atoms with E-state index >= 15 is 0 Å². The maximum Gasteiger partial charge on any atom is 0.0332 e. The molecule has 2 fully saturated rings. The highest BCUT2D eigenvalue weighted by Gasteiger charge is 2.39. The van der Waals surface area contributed by atoms with Crippen molar-refractivity contribution in [3.8, 4) is 0 Å². The average Bonchev–Trinajstić information content (AvgIpc) is 2.52. The van der Waals surface area contributed by atoms with Crippen LogP contribution in [-0.2, 0) is 0 Å². The largest absolute Gasteiger partial charge is 0.329 e. The van der Waals surface area contributed by atoms with E-state index in [-0.39, 0.29) is 0 Å². The lowest BCUT2D eigenvalue weighted by atomic mass is 9.76. The van der Waals surface area contributed by atoms with Crippen molar-refractivity contribution in [2.75, 3.05) is 25.4 Å². The van der Waals surface area contributed by atoms with E-state index in [1.54, 1.807) is 0 Å². The van der Waals surface area contributed by atoms with E-state index in [9.17, 15) is 0 Å². The summed E-state index contributed by atoms with van der Waals surface area (Å²) < 4.78 is 0.451. The molecule has 0 atom stereocenters. The lowest BCUT2D eigenvalue weighted by molar-refractivity contribution is 0.0492. The maximum absolute atomic E-state index is 6.18. The fourth-order valence-corrected chi connectivity index (χ4v) is 4.54. The zero-order valence-electron chi connectivity index (χ0n) is 12.4. The zero-order chi connectivity index (χ0) is 13.2. The third kappa shape index (κ3) is 3.23. The first-order chi connectivity index (χ1) is 8.47. The van der Waals surface area contributed by atoms with Crippen molar-refractivity contribution < 1.29 is 0 Å². The highest BCUT2D eigenvalue weighted by atomic mass is 32.2. The van der Waals surface area contributed by atoms with Crippen molar-refractivity contribution in [3.63, 3.8) is 0 Å². The Labute approximate surface area is 117 Å². The number of nitrogens with two attached hydrogens (primary N) is 1. The van der Waals surface area contributed by atoms with E-state index in [4.69, 9.17) is 5.73 Å². The van der Waals surface area contributed by atoms with Crippen LogP contribution in [0.1, 0.15) is 52.9 Å². The van der Waals surface area contributed by atoms with Crippen LogP contribution < -0.4 is 5.73 Å². The van der Waals surface area contributed by atoms with Crippen LogP contribution in [0.4, 0.5) is 0 Å². The van der Waals surface area contributed by atoms with Crippen LogP contribution in [0.2, 0.25) is 0 Å². The highest BCUT2D eigenvalue weighted by Crippen LogP contribution is 2.39. The third-order valence-electron chi connectivity index (χ3n) is 5.09. The lowest BCUT2D eigenvalue weighted by Gasteiger charge is -2.47. The molecule has 2 rings (SSSR count). The molecule has 2 aliphatic rings. The maximum atomic E-state index is 6.18. The Balaban J connectivity index is 2.03. The van der Waals surface area contributed by atoms with Gasteiger partial charge in [0.15, 0.2) is 0 Å². The van der Waals surface area contributed by atoms with Gasteiger partial charge in [0.25, 0.3) is 0 Å². The van der Waals surface area contributed by atoms with Crippen LogP contribution >= 0.6 is 11.8 Å². The summed E-state index contributed by atoms with van der Waals surface area (Å²) in [6.07, 6.45) is 6.66. The third-order valence-corrected chi connectivity index (χ3v) is 6.47. The minimum absolute atomic E-state index is 0.327. The van der Waals surface area contributed by atoms with Gasteiger partial charge >= 0.3 is 0 Å². The zero-order valence-corrected chi connectivity index (χ0v) is 13.2. The van der Waals surface area contributed by atoms with Gasteiger partial charge in [-0.15, -0.1) is 0 Å². The van der Waals surface area contributed by atoms with E-state index in [0.29, 0.717) is 10.3 Å². The number of hydrogen-bond acceptors (Lipinski definition) is 3. The van der Waals surface area contributed by atoms with Crippen molar-refractivity contribution in [1.82, 2.24) is 4.90 Å². The number of hydrogen-bond donors (Lipinski definition) is 1. The van der Waals surface area contributed by atoms with Crippen LogP contribution in [0.3, 0.4) is 0 Å². The fourth-order valence-electron chi connectivity index (χ4n) is 3.44. The van der Waals surface area contributed by atoms with Gasteiger partial charge in [0.1, 0.15) is 0 Å². The molecule has 106 valence electrons. The Morgan fingerprint density at radius 2 is 1.83 bits per heavy atom. The monoisotopic (exact) mass is 270 g/mol. The Hall–Kier alpha value is 0.270. The van der Waals surface area contributed by atoms with Crippen molar-refractivity contribution in [3.05, 3.63) is 0 Å². The summed E-state index contributed by atoms with van der Waals surface area (Å²) in [4.78, 5) is 2.74. The molecule has 0 aromatic rings. The van der Waals surface area contributed by atoms with Gasteiger partial charge in [-0.3, -0.25) is 4.90 Å². The molecule has 1 saturated heterocycles. The molecular weight excluding hydrogens is 240 g/mol. The van der Waals surface area contributed by atoms with Gasteiger partial charge in [0.05, 0.1) is 0 Å². The first-order valence-corrected chi connectivity index (χ1v) is 8.55. The van der Waals surface area contributed by atoms with E-state index in [1.807, 2.05) is 0 Å². The summed E-state index contributed by atoms with van der Waals surface area (Å²) in [6.45, 7) is 10.5. The minimum atomic E-state index is 0.327. The highest BCUT2D eigenvalue weighted by molar-refractivity contribution is 8.00. The minimum Gasteiger partial charge on any atom is -0.329 e. The lowest BCUT2D eigenvalue weighted by Crippen LogP contribution is -2.56. The van der Waals surface area contributed by atoms with E-state index < -0.39 is 0 Å². The summed E-state index contributed by atoms with van der Waals surface area (Å²) in [5, 5.41) is 0. The number of nitrogens with zero attached hydrogens (tertiary/aromatic N) is 1. The van der Waals surface area contributed by atoms with E-state index in [2.05, 4.69) is 37.4 Å². The van der Waals surface area contributed by atoms with Crippen LogP contribution in [0.5, 0.6) is 0 Å². The molecule has 0 aromatic heterocycles. The SMILES string of the molecule is CC1CCC(CN)(N2CCSC(C)(C)CC2)CC1. The van der Waals surface area contributed by atoms with Crippen molar-refractivity contribution in [2.45, 2.75) is 63.2 Å². The van der Waals surface area contributed by atoms with Gasteiger partial charge in [-0.05, 0) is 38.0 Å². The van der Waals surface area contributed by atoms with Crippen molar-refractivity contribution in [1.29, 1.82) is 0 Å². The molecule has 0 radical (unpaired) electrons. The van der Waals surface area contributed by atoms with Gasteiger partial charge in [-0.1, -0.05) is 20.8 Å². The van der Waals surface area contributed by atoms with Gasteiger partial charge in [0.2, 0.25) is 0 Å². The molecule has 0 amide bonds. The van der Waals surface area contributed by atoms with Gasteiger partial charge in [-0.25, -0.2) is 0 Å². The Morgan fingerprint density at radius 3 is 2.44 bits per heavy atom. The van der Waals surface area contributed by atoms with Crippen LogP contribution in [0.25, 0.3) is 0 Å². The van der Waals surface area contributed by atoms with Gasteiger partial charge in [0, 0.05) is 35.7 Å². The molecular formula is C15H30N2S. The number of rotatable bonds is 2. The number of thioether (sulfide) groups is 1. The molecule has 2 N–H and O–H groups in total. The molecule has 0 aromatic carbocycles. The molecule has 0 bridgehead atoms. The first kappa shape index (κ1) is 14.7. The summed E-state index contributed by atoms with van der Waals surface area (Å²) in [5.41, 5.74) is 6.51. The van der Waals surface area contributed by atoms with Gasteiger partial charge in [-0.2, -0.15) is 11.8 Å². The topological polar surface area (TPSA) is 29.3 Å². The Kier molecular flexibility index (Phi) is 4.66. The Morgan fingerprint density at radius 1 is 1.17 bits per heavy atom. The summed E-state index contributed by atoms with van der Waals surface area (Å²) in [5.74, 6) is 2.17. The molecule has 0 spiro atoms. The quantitative estimate of drug-likeness (QED) is 0.836. The molecule has 1 heterocycles. The molecule has 3 heteroatoms. The summed E-state index contributed by atoms with van der Waals surface area (Å²) in [7, 11) is 0. The second kappa shape index (κ2) is 5.72. The van der Waals surface area contributed by atoms with Crippen molar-refractivity contribution in [2.24, 2.45) is 11.7 Å². The molecule has 1 aliphatic carbocycles. The Bertz CT molecular complexity index is 270. The average molecular weight is 270 g/mol. The second-order valence-electron chi connectivity index (χ2n) is 6.96. The standard InChI is InChI=1S/C15H30N2S/c1-13-4-6-15(12-16,7-5-13)17-9-8-14(2,3)18-11-10-17/h13H,4-12,16H2,1-3H3. The van der Waals surface area contributed by atoms with E-state index in [1.165, 1.54) is 50.9 Å². The smallest absolute Gasteiger partial charge is 0.0332 e. The molecule has 2 nitrogen and oxygen atoms in total. The fraction of sp³-hybridized carbons (Fsp3) is 1.00. The summed E-state index contributed by atoms with van der Waals surface area (Å²) >= 11 is 2.14. The second-order valence-corrected chi connectivity index (χ2v) is 8.76. The molecule has 1 aliphatic heterocycles. The van der Waals surface area contributed by atoms with Crippen molar-refractivity contribution >= 4 is 11.8 Å². The predicted molar refractivity (Wildman–Crippen MR) is 82.1 cm³/mol. The van der Waals surface area contributed by atoms with Crippen LogP contribution in [0, 0.1) is 5.92 Å². The normalized spacial score (nSPS) is 38.3. The van der Waals surface area contributed by atoms with Crippen LogP contribution in [-0.4, -0.2) is 40.6 Å². The first-order valence-electron chi connectivity index (χ1n) is 7.57. The van der Waals surface area contributed by atoms with Crippen LogP contribution in [0.15, 0.2) is 0 Å². The van der Waals surface area contributed by atoms with E-state index in [0.717, 1.165) is 12.5 Å². The molecule has 0 unspecified atom stereocenters. The predicted octanol–water partition coefficient (Wildman–Crippen LogP) is 3.11. The van der Waals surface area contributed by atoms with Gasteiger partial charge < -0.3 is 5.73 Å². The molecule has 18 heavy (non-hydrogen) atoms. The summed E-state index contributed by atoms with van der Waals surface area (Å²) in [6, 6.07) is 0. The molecule has 1 saturated carbocycles.